The highest BCUT2D eigenvalue weighted by atomic mass is 16.4. The summed E-state index contributed by atoms with van der Waals surface area (Å²) in [5, 5.41) is 8.31. The summed E-state index contributed by atoms with van der Waals surface area (Å²) < 4.78 is 8.66. The molecule has 2 rings (SSSR count). The molecule has 2 heterocycles. The molecule has 7 heteroatoms. The molecule has 0 aliphatic rings. The predicted octanol–water partition coefficient (Wildman–Crippen LogP) is 1.53. The van der Waals surface area contributed by atoms with Crippen LogP contribution in [0.2, 0.25) is 0 Å². The topological polar surface area (TPSA) is 102 Å². The van der Waals surface area contributed by atoms with Gasteiger partial charge < -0.3 is 13.9 Å². The number of carboxylic acid groups (broad SMARTS) is 1. The summed E-state index contributed by atoms with van der Waals surface area (Å²) in [5.74, 6) is -1.11. The van der Waals surface area contributed by atoms with Crippen LogP contribution >= 0.6 is 0 Å². The second kappa shape index (κ2) is 6.56. The van der Waals surface area contributed by atoms with Crippen LogP contribution in [0, 0.1) is 6.57 Å². The van der Waals surface area contributed by atoms with Crippen molar-refractivity contribution in [3.05, 3.63) is 74.6 Å². The van der Waals surface area contributed by atoms with Crippen molar-refractivity contribution in [2.75, 3.05) is 0 Å². The van der Waals surface area contributed by atoms with Gasteiger partial charge in [-0.25, -0.2) is 19.2 Å². The normalized spacial score (nSPS) is 8.79. The highest BCUT2D eigenvalue weighted by Crippen LogP contribution is 2.05. The molecule has 96 valence electrons. The van der Waals surface area contributed by atoms with Crippen LogP contribution < -0.4 is 11.3 Å². The molecule has 0 atom stereocenters. The fourth-order valence-corrected chi connectivity index (χ4v) is 0.894. The molecule has 0 aromatic carbocycles. The molecule has 2 aromatic rings. The first-order valence-corrected chi connectivity index (χ1v) is 4.81. The number of nitrogens with zero attached hydrogens (tertiary/aromatic N) is 1. The van der Waals surface area contributed by atoms with E-state index < -0.39 is 17.2 Å². The first kappa shape index (κ1) is 13.9. The van der Waals surface area contributed by atoms with Crippen molar-refractivity contribution in [3.8, 4) is 0 Å². The lowest BCUT2D eigenvalue weighted by atomic mass is 10.3. The minimum atomic E-state index is -1.11. The van der Waals surface area contributed by atoms with Gasteiger partial charge >= 0.3 is 17.2 Å². The van der Waals surface area contributed by atoms with Crippen molar-refractivity contribution in [1.82, 2.24) is 0 Å². The lowest BCUT2D eigenvalue weighted by Crippen LogP contribution is -2.00. The van der Waals surface area contributed by atoms with Gasteiger partial charge in [0.15, 0.2) is 0 Å². The maximum Gasteiger partial charge on any atom is 0.338 e. The van der Waals surface area contributed by atoms with Gasteiger partial charge in [0.1, 0.15) is 12.5 Å². The van der Waals surface area contributed by atoms with Crippen LogP contribution in [0.15, 0.2) is 55.2 Å². The Kier molecular flexibility index (Phi) is 4.81. The number of rotatable bonds is 1. The van der Waals surface area contributed by atoms with E-state index in [1.54, 1.807) is 0 Å². The fraction of sp³-hybridized carbons (Fsp3) is 0. The van der Waals surface area contributed by atoms with Gasteiger partial charge in [-0.15, -0.1) is 0 Å². The molecular weight excluding hydrogens is 254 g/mol. The van der Waals surface area contributed by atoms with Gasteiger partial charge in [-0.3, -0.25) is 0 Å². The summed E-state index contributed by atoms with van der Waals surface area (Å²) in [7, 11) is 0. The van der Waals surface area contributed by atoms with Gasteiger partial charge in [0.05, 0.1) is 12.1 Å². The first-order chi connectivity index (χ1) is 9.02. The molecule has 0 amide bonds. The quantitative estimate of drug-likeness (QED) is 0.781. The van der Waals surface area contributed by atoms with Gasteiger partial charge in [0.25, 0.3) is 0 Å². The molecular formula is C12H7NO6. The molecule has 0 bridgehead atoms. The maximum atomic E-state index is 10.3. The van der Waals surface area contributed by atoms with Crippen molar-refractivity contribution in [3.63, 3.8) is 0 Å². The van der Waals surface area contributed by atoms with Crippen molar-refractivity contribution in [1.29, 1.82) is 0 Å². The van der Waals surface area contributed by atoms with E-state index in [0.29, 0.717) is 5.69 Å². The highest BCUT2D eigenvalue weighted by Gasteiger charge is 2.00. The van der Waals surface area contributed by atoms with Crippen molar-refractivity contribution in [2.45, 2.75) is 0 Å². The van der Waals surface area contributed by atoms with E-state index in [4.69, 9.17) is 11.7 Å². The van der Waals surface area contributed by atoms with Gasteiger partial charge in [0, 0.05) is 12.1 Å². The average Bonchev–Trinajstić information content (AvgIpc) is 2.41. The molecule has 0 aliphatic heterocycles. The van der Waals surface area contributed by atoms with Crippen LogP contribution in [0.1, 0.15) is 10.4 Å². The Morgan fingerprint density at radius 2 is 1.63 bits per heavy atom. The van der Waals surface area contributed by atoms with E-state index in [0.717, 1.165) is 18.6 Å². The van der Waals surface area contributed by atoms with Crippen LogP contribution in [0.4, 0.5) is 5.69 Å². The lowest BCUT2D eigenvalue weighted by Gasteiger charge is -1.87. The molecule has 0 spiro atoms. The van der Waals surface area contributed by atoms with E-state index in [1.807, 2.05) is 0 Å². The summed E-state index contributed by atoms with van der Waals surface area (Å²) in [4.78, 5) is 33.7. The van der Waals surface area contributed by atoms with Crippen molar-refractivity contribution in [2.24, 2.45) is 0 Å². The Morgan fingerprint density at radius 3 is 2.00 bits per heavy atom. The summed E-state index contributed by atoms with van der Waals surface area (Å²) in [6.45, 7) is 6.48. The van der Waals surface area contributed by atoms with E-state index >= 15 is 0 Å². The molecule has 7 nitrogen and oxygen atoms in total. The number of carboxylic acids is 1. The molecule has 0 unspecified atom stereocenters. The number of hydrogen-bond donors (Lipinski definition) is 1. The number of aromatic carboxylic acids is 1. The fourth-order valence-electron chi connectivity index (χ4n) is 0.894. The average molecular weight is 261 g/mol. The summed E-state index contributed by atoms with van der Waals surface area (Å²) in [6.07, 6.45) is 2.04. The molecule has 0 saturated heterocycles. The Balaban J connectivity index is 0.000000191. The number of carbonyl (C=O) groups is 1. The SMILES string of the molecule is O=C(O)c1ccc(=O)oc1.[C-]#[N+]c1ccc(=O)oc1. The Hall–Kier alpha value is -3.14. The minimum Gasteiger partial charge on any atom is -0.478 e. The first-order valence-electron chi connectivity index (χ1n) is 4.81. The minimum absolute atomic E-state index is 0.0281. The van der Waals surface area contributed by atoms with Crippen molar-refractivity contribution >= 4 is 11.7 Å². The van der Waals surface area contributed by atoms with Crippen molar-refractivity contribution < 1.29 is 18.7 Å². The van der Waals surface area contributed by atoms with Crippen LogP contribution in [-0.4, -0.2) is 11.1 Å². The highest BCUT2D eigenvalue weighted by molar-refractivity contribution is 5.86. The van der Waals surface area contributed by atoms with E-state index in [-0.39, 0.29) is 5.56 Å². The smallest absolute Gasteiger partial charge is 0.338 e. The Labute approximate surface area is 106 Å². The van der Waals surface area contributed by atoms with E-state index in [2.05, 4.69) is 13.7 Å². The largest absolute Gasteiger partial charge is 0.478 e. The van der Waals surface area contributed by atoms with E-state index in [1.165, 1.54) is 18.2 Å². The third-order valence-corrected chi connectivity index (χ3v) is 1.76. The van der Waals surface area contributed by atoms with Gasteiger partial charge in [0.2, 0.25) is 5.69 Å². The molecule has 19 heavy (non-hydrogen) atoms. The standard InChI is InChI=1S/C6H3NO2.C6H4O4/c1-7-5-2-3-6(8)9-4-5;7-5-2-1-4(3-10-5)6(8)9/h2-4H;1-3H,(H,8,9). The van der Waals surface area contributed by atoms with Crippen LogP contribution in [-0.2, 0) is 0 Å². The molecule has 0 radical (unpaired) electrons. The second-order valence-electron chi connectivity index (χ2n) is 3.07. The zero-order valence-electron chi connectivity index (χ0n) is 9.40. The second-order valence-corrected chi connectivity index (χ2v) is 3.07. The lowest BCUT2D eigenvalue weighted by molar-refractivity contribution is 0.0694. The molecule has 0 saturated carbocycles. The Morgan fingerprint density at radius 1 is 1.05 bits per heavy atom. The van der Waals surface area contributed by atoms with Crippen LogP contribution in [0.25, 0.3) is 4.85 Å². The molecule has 2 aromatic heterocycles. The van der Waals surface area contributed by atoms with Gasteiger partial charge in [-0.2, -0.15) is 0 Å². The zero-order chi connectivity index (χ0) is 14.3. The monoisotopic (exact) mass is 261 g/mol. The van der Waals surface area contributed by atoms with Gasteiger partial charge in [-0.05, 0) is 12.1 Å². The third kappa shape index (κ3) is 4.70. The van der Waals surface area contributed by atoms with Gasteiger partial charge in [-0.1, -0.05) is 0 Å². The third-order valence-electron chi connectivity index (χ3n) is 1.76. The zero-order valence-corrected chi connectivity index (χ0v) is 9.40. The summed E-state index contributed by atoms with van der Waals surface area (Å²) >= 11 is 0. The molecule has 1 N–H and O–H groups in total. The molecule has 0 fully saturated rings. The van der Waals surface area contributed by atoms with Crippen LogP contribution in [0.3, 0.4) is 0 Å². The van der Waals surface area contributed by atoms with Crippen LogP contribution in [0.5, 0.6) is 0 Å². The molecule has 0 aliphatic carbocycles. The number of hydrogen-bond acceptors (Lipinski definition) is 5. The van der Waals surface area contributed by atoms with E-state index in [9.17, 15) is 14.4 Å². The maximum absolute atomic E-state index is 10.3. The summed E-state index contributed by atoms with van der Waals surface area (Å²) in [5.41, 5.74) is -0.665. The predicted molar refractivity (Wildman–Crippen MR) is 63.2 cm³/mol. The Bertz CT molecular complexity index is 681. The summed E-state index contributed by atoms with van der Waals surface area (Å²) in [6, 6.07) is 4.88.